The third-order valence-corrected chi connectivity index (χ3v) is 5.43. The van der Waals surface area contributed by atoms with Crippen molar-refractivity contribution in [2.24, 2.45) is 5.92 Å². The third kappa shape index (κ3) is 3.81. The van der Waals surface area contributed by atoms with Crippen LogP contribution in [0.15, 0.2) is 28.7 Å². The Hall–Kier alpha value is -1.40. The lowest BCUT2D eigenvalue weighted by atomic mass is 9.89. The molecule has 1 amide bonds. The van der Waals surface area contributed by atoms with E-state index in [-0.39, 0.29) is 29.8 Å². The lowest BCUT2D eigenvalue weighted by Crippen LogP contribution is -2.32. The van der Waals surface area contributed by atoms with Crippen molar-refractivity contribution in [1.29, 1.82) is 0 Å². The highest BCUT2D eigenvalue weighted by atomic mass is 79.9. The van der Waals surface area contributed by atoms with E-state index in [9.17, 15) is 9.59 Å². The van der Waals surface area contributed by atoms with Crippen LogP contribution >= 0.6 is 15.9 Å². The van der Waals surface area contributed by atoms with Gasteiger partial charge in [0.2, 0.25) is 5.91 Å². The van der Waals surface area contributed by atoms with E-state index in [1.807, 2.05) is 24.3 Å². The fourth-order valence-electron chi connectivity index (χ4n) is 3.57. The van der Waals surface area contributed by atoms with Crippen molar-refractivity contribution in [3.05, 3.63) is 34.3 Å². The molecule has 0 bridgehead atoms. The SMILES string of the molecule is COC(=O)[C@@H]1CN(C(=O)CC2CCCO2)C[C@H]1c1ccc(Br)cc1. The average Bonchev–Trinajstić information content (AvgIpc) is 3.24. The minimum atomic E-state index is -0.315. The maximum atomic E-state index is 12.6. The zero-order valence-corrected chi connectivity index (χ0v) is 15.3. The maximum absolute atomic E-state index is 12.6. The smallest absolute Gasteiger partial charge is 0.311 e. The van der Waals surface area contributed by atoms with Gasteiger partial charge in [0, 0.05) is 30.1 Å². The van der Waals surface area contributed by atoms with Crippen LogP contribution in [0.1, 0.15) is 30.7 Å². The molecule has 2 heterocycles. The number of rotatable bonds is 4. The van der Waals surface area contributed by atoms with Crippen LogP contribution in [-0.2, 0) is 19.1 Å². The monoisotopic (exact) mass is 395 g/mol. The molecule has 0 saturated carbocycles. The van der Waals surface area contributed by atoms with Crippen molar-refractivity contribution in [1.82, 2.24) is 4.90 Å². The summed E-state index contributed by atoms with van der Waals surface area (Å²) in [6.07, 6.45) is 2.39. The van der Waals surface area contributed by atoms with Crippen LogP contribution in [0.3, 0.4) is 0 Å². The molecule has 5 nitrogen and oxygen atoms in total. The first-order chi connectivity index (χ1) is 11.6. The molecule has 3 rings (SSSR count). The Morgan fingerprint density at radius 3 is 2.67 bits per heavy atom. The van der Waals surface area contributed by atoms with Crippen molar-refractivity contribution >= 4 is 27.8 Å². The fraction of sp³-hybridized carbons (Fsp3) is 0.556. The Balaban J connectivity index is 1.73. The summed E-state index contributed by atoms with van der Waals surface area (Å²) in [5.74, 6) is -0.533. The summed E-state index contributed by atoms with van der Waals surface area (Å²) < 4.78 is 11.5. The van der Waals surface area contributed by atoms with Crippen LogP contribution in [-0.4, -0.2) is 49.7 Å². The number of halogens is 1. The summed E-state index contributed by atoms with van der Waals surface area (Å²) in [4.78, 5) is 26.5. The van der Waals surface area contributed by atoms with E-state index >= 15 is 0 Å². The summed E-state index contributed by atoms with van der Waals surface area (Å²) in [5.41, 5.74) is 1.06. The van der Waals surface area contributed by atoms with Crippen LogP contribution in [0, 0.1) is 5.92 Å². The Bertz CT molecular complexity index is 598. The average molecular weight is 396 g/mol. The first-order valence-electron chi connectivity index (χ1n) is 8.31. The quantitative estimate of drug-likeness (QED) is 0.735. The third-order valence-electron chi connectivity index (χ3n) is 4.90. The Kier molecular flexibility index (Phi) is 5.56. The number of methoxy groups -OCH3 is 1. The molecule has 130 valence electrons. The largest absolute Gasteiger partial charge is 0.469 e. The van der Waals surface area contributed by atoms with Crippen LogP contribution in [0.5, 0.6) is 0 Å². The maximum Gasteiger partial charge on any atom is 0.311 e. The summed E-state index contributed by atoms with van der Waals surface area (Å²) in [7, 11) is 1.40. The highest BCUT2D eigenvalue weighted by Gasteiger charge is 2.41. The second-order valence-corrected chi connectivity index (χ2v) is 7.34. The first-order valence-corrected chi connectivity index (χ1v) is 9.10. The molecular weight excluding hydrogens is 374 g/mol. The molecule has 0 aromatic heterocycles. The first kappa shape index (κ1) is 17.4. The number of benzene rings is 1. The number of carbonyl (C=O) groups excluding carboxylic acids is 2. The normalized spacial score (nSPS) is 26.6. The Morgan fingerprint density at radius 2 is 2.04 bits per heavy atom. The van der Waals surface area contributed by atoms with Crippen molar-refractivity contribution in [2.45, 2.75) is 31.3 Å². The number of nitrogens with zero attached hydrogens (tertiary/aromatic N) is 1. The molecule has 2 fully saturated rings. The predicted molar refractivity (Wildman–Crippen MR) is 92.6 cm³/mol. The van der Waals surface area contributed by atoms with Gasteiger partial charge >= 0.3 is 5.97 Å². The van der Waals surface area contributed by atoms with Gasteiger partial charge in [0.05, 0.1) is 25.6 Å². The van der Waals surface area contributed by atoms with Gasteiger partial charge in [-0.15, -0.1) is 0 Å². The van der Waals surface area contributed by atoms with Gasteiger partial charge < -0.3 is 14.4 Å². The van der Waals surface area contributed by atoms with E-state index in [4.69, 9.17) is 9.47 Å². The minimum Gasteiger partial charge on any atom is -0.469 e. The molecule has 0 spiro atoms. The lowest BCUT2D eigenvalue weighted by Gasteiger charge is -2.18. The Morgan fingerprint density at radius 1 is 1.29 bits per heavy atom. The van der Waals surface area contributed by atoms with Gasteiger partial charge in [0.1, 0.15) is 0 Å². The molecule has 3 atom stereocenters. The van der Waals surface area contributed by atoms with Crippen LogP contribution < -0.4 is 0 Å². The van der Waals surface area contributed by atoms with Crippen molar-refractivity contribution in [3.63, 3.8) is 0 Å². The molecule has 1 aromatic rings. The molecule has 0 radical (unpaired) electrons. The fourth-order valence-corrected chi connectivity index (χ4v) is 3.84. The van der Waals surface area contributed by atoms with Crippen LogP contribution in [0.25, 0.3) is 0 Å². The molecule has 6 heteroatoms. The number of carbonyl (C=O) groups is 2. The molecule has 0 aliphatic carbocycles. The summed E-state index contributed by atoms with van der Waals surface area (Å²) >= 11 is 3.43. The number of hydrogen-bond donors (Lipinski definition) is 0. The Labute approximate surface area is 150 Å². The molecule has 0 N–H and O–H groups in total. The number of likely N-dealkylation sites (tertiary alicyclic amines) is 1. The topological polar surface area (TPSA) is 55.8 Å². The van der Waals surface area contributed by atoms with Gasteiger partial charge in [0.25, 0.3) is 0 Å². The summed E-state index contributed by atoms with van der Waals surface area (Å²) in [5, 5.41) is 0. The van der Waals surface area contributed by atoms with Crippen LogP contribution in [0.2, 0.25) is 0 Å². The lowest BCUT2D eigenvalue weighted by molar-refractivity contribution is -0.145. The molecule has 1 unspecified atom stereocenters. The van der Waals surface area contributed by atoms with Gasteiger partial charge in [-0.1, -0.05) is 28.1 Å². The molecule has 2 aliphatic heterocycles. The number of esters is 1. The van der Waals surface area contributed by atoms with E-state index in [0.29, 0.717) is 19.5 Å². The molecule has 1 aromatic carbocycles. The van der Waals surface area contributed by atoms with Gasteiger partial charge in [-0.25, -0.2) is 0 Å². The van der Waals surface area contributed by atoms with E-state index < -0.39 is 0 Å². The molecule has 24 heavy (non-hydrogen) atoms. The predicted octanol–water partition coefficient (Wildman–Crippen LogP) is 2.73. The van der Waals surface area contributed by atoms with E-state index in [2.05, 4.69) is 15.9 Å². The summed E-state index contributed by atoms with van der Waals surface area (Å²) in [6, 6.07) is 7.92. The van der Waals surface area contributed by atoms with E-state index in [0.717, 1.165) is 29.5 Å². The van der Waals surface area contributed by atoms with Gasteiger partial charge in [-0.2, -0.15) is 0 Å². The molecule has 2 saturated heterocycles. The second-order valence-electron chi connectivity index (χ2n) is 6.43. The standard InChI is InChI=1S/C18H22BrNO4/c1-23-18(22)16-11-20(17(21)9-14-3-2-8-24-14)10-15(16)12-4-6-13(19)7-5-12/h4-7,14-16H,2-3,8-11H2,1H3/t14?,15-,16+/m0/s1. The highest BCUT2D eigenvalue weighted by Crippen LogP contribution is 2.34. The van der Waals surface area contributed by atoms with Crippen molar-refractivity contribution in [2.75, 3.05) is 26.8 Å². The van der Waals surface area contributed by atoms with E-state index in [1.165, 1.54) is 7.11 Å². The molecular formula is C18H22BrNO4. The zero-order chi connectivity index (χ0) is 17.1. The number of hydrogen-bond acceptors (Lipinski definition) is 4. The van der Waals surface area contributed by atoms with Gasteiger partial charge in [-0.05, 0) is 30.5 Å². The van der Waals surface area contributed by atoms with Gasteiger partial charge in [-0.3, -0.25) is 9.59 Å². The summed E-state index contributed by atoms with van der Waals surface area (Å²) in [6.45, 7) is 1.70. The highest BCUT2D eigenvalue weighted by molar-refractivity contribution is 9.10. The molecule has 2 aliphatic rings. The number of amides is 1. The van der Waals surface area contributed by atoms with E-state index in [1.54, 1.807) is 4.90 Å². The minimum absolute atomic E-state index is 0.0285. The number of ether oxygens (including phenoxy) is 2. The zero-order valence-electron chi connectivity index (χ0n) is 13.7. The van der Waals surface area contributed by atoms with Crippen LogP contribution in [0.4, 0.5) is 0 Å². The van der Waals surface area contributed by atoms with Crippen molar-refractivity contribution < 1.29 is 19.1 Å². The second kappa shape index (κ2) is 7.66. The van der Waals surface area contributed by atoms with Gasteiger partial charge in [0.15, 0.2) is 0 Å². The van der Waals surface area contributed by atoms with Crippen molar-refractivity contribution in [3.8, 4) is 0 Å².